The number of rotatable bonds is 2. The summed E-state index contributed by atoms with van der Waals surface area (Å²) in [5, 5.41) is 3.29. The molecule has 0 unspecified atom stereocenters. The Balaban J connectivity index is 1.48. The quantitative estimate of drug-likeness (QED) is 0.875. The zero-order valence-electron chi connectivity index (χ0n) is 12.0. The second-order valence-corrected chi connectivity index (χ2v) is 6.95. The molecule has 1 amide bonds. The first-order chi connectivity index (χ1) is 9.79. The van der Waals surface area contributed by atoms with Crippen LogP contribution in [0.2, 0.25) is 0 Å². The number of amides is 1. The highest BCUT2D eigenvalue weighted by molar-refractivity contribution is 5.94. The van der Waals surface area contributed by atoms with E-state index in [9.17, 15) is 4.79 Å². The van der Waals surface area contributed by atoms with Crippen LogP contribution in [-0.2, 0) is 12.8 Å². The molecular weight excluding hydrogens is 246 g/mol. The van der Waals surface area contributed by atoms with Crippen molar-refractivity contribution in [2.24, 2.45) is 11.8 Å². The number of hydrogen-bond donors (Lipinski definition) is 1. The number of carbonyl (C=O) groups is 1. The van der Waals surface area contributed by atoms with E-state index in [2.05, 4.69) is 17.4 Å². The van der Waals surface area contributed by atoms with Crippen LogP contribution in [0.5, 0.6) is 0 Å². The summed E-state index contributed by atoms with van der Waals surface area (Å²) in [5.74, 6) is 1.78. The molecule has 0 saturated heterocycles. The number of carbonyl (C=O) groups excluding carboxylic acids is 1. The van der Waals surface area contributed by atoms with Crippen molar-refractivity contribution < 1.29 is 4.79 Å². The van der Waals surface area contributed by atoms with Crippen LogP contribution < -0.4 is 5.32 Å². The Morgan fingerprint density at radius 1 is 1.05 bits per heavy atom. The maximum atomic E-state index is 12.5. The average molecular weight is 269 g/mol. The molecule has 2 bridgehead atoms. The van der Waals surface area contributed by atoms with Gasteiger partial charge in [-0.1, -0.05) is 12.5 Å². The molecule has 2 heteroatoms. The van der Waals surface area contributed by atoms with Crippen molar-refractivity contribution in [3.63, 3.8) is 0 Å². The smallest absolute Gasteiger partial charge is 0.251 e. The van der Waals surface area contributed by atoms with Gasteiger partial charge in [-0.3, -0.25) is 4.79 Å². The number of aryl methyl sites for hydroxylation is 2. The highest BCUT2D eigenvalue weighted by atomic mass is 16.1. The normalized spacial score (nSPS) is 31.1. The second-order valence-electron chi connectivity index (χ2n) is 6.95. The molecule has 2 saturated carbocycles. The fourth-order valence-electron chi connectivity index (χ4n) is 4.55. The Hall–Kier alpha value is -1.31. The van der Waals surface area contributed by atoms with Gasteiger partial charge in [-0.05, 0) is 80.0 Å². The first kappa shape index (κ1) is 12.4. The lowest BCUT2D eigenvalue weighted by atomic mass is 9.90. The van der Waals surface area contributed by atoms with Crippen LogP contribution in [0.3, 0.4) is 0 Å². The summed E-state index contributed by atoms with van der Waals surface area (Å²) in [6, 6.07) is 6.77. The van der Waals surface area contributed by atoms with Gasteiger partial charge in [0.1, 0.15) is 0 Å². The molecule has 2 nitrogen and oxygen atoms in total. The first-order valence-electron chi connectivity index (χ1n) is 8.22. The van der Waals surface area contributed by atoms with Gasteiger partial charge >= 0.3 is 0 Å². The number of benzene rings is 1. The molecule has 0 spiro atoms. The Morgan fingerprint density at radius 2 is 1.90 bits per heavy atom. The van der Waals surface area contributed by atoms with Crippen LogP contribution in [-0.4, -0.2) is 11.9 Å². The second kappa shape index (κ2) is 4.91. The van der Waals surface area contributed by atoms with E-state index in [1.807, 2.05) is 6.07 Å². The molecular formula is C18H23NO. The molecule has 3 atom stereocenters. The van der Waals surface area contributed by atoms with Gasteiger partial charge in [0.2, 0.25) is 0 Å². The zero-order chi connectivity index (χ0) is 13.5. The molecule has 0 aromatic heterocycles. The van der Waals surface area contributed by atoms with E-state index in [1.54, 1.807) is 0 Å². The summed E-state index contributed by atoms with van der Waals surface area (Å²) in [4.78, 5) is 12.5. The topological polar surface area (TPSA) is 29.1 Å². The SMILES string of the molecule is O=C(N[C@@H]1C[C@H]2CC[C@H]1C2)c1ccc2c(c1)CCCC2. The molecule has 3 aliphatic rings. The van der Waals surface area contributed by atoms with Crippen molar-refractivity contribution in [3.8, 4) is 0 Å². The fraction of sp³-hybridized carbons (Fsp3) is 0.611. The Bertz CT molecular complexity index is 536. The maximum absolute atomic E-state index is 12.5. The molecule has 4 rings (SSSR count). The Labute approximate surface area is 121 Å². The molecule has 0 heterocycles. The number of nitrogens with one attached hydrogen (secondary N) is 1. The van der Waals surface area contributed by atoms with Gasteiger partial charge in [-0.25, -0.2) is 0 Å². The van der Waals surface area contributed by atoms with E-state index in [1.165, 1.54) is 56.1 Å². The van der Waals surface area contributed by atoms with E-state index in [4.69, 9.17) is 0 Å². The van der Waals surface area contributed by atoms with Gasteiger partial charge in [0, 0.05) is 11.6 Å². The standard InChI is InChI=1S/C18H23NO/c20-18(19-17-10-12-5-6-15(17)9-12)16-8-7-13-3-1-2-4-14(13)11-16/h7-8,11-12,15,17H,1-6,9-10H2,(H,19,20)/t12-,15-,17+/m0/s1. The van der Waals surface area contributed by atoms with Gasteiger partial charge in [-0.2, -0.15) is 0 Å². The van der Waals surface area contributed by atoms with E-state index in [0.29, 0.717) is 6.04 Å². The third kappa shape index (κ3) is 2.15. The summed E-state index contributed by atoms with van der Waals surface area (Å²) < 4.78 is 0. The lowest BCUT2D eigenvalue weighted by molar-refractivity contribution is 0.0923. The van der Waals surface area contributed by atoms with E-state index in [0.717, 1.165) is 23.8 Å². The molecule has 20 heavy (non-hydrogen) atoms. The zero-order valence-corrected chi connectivity index (χ0v) is 12.0. The van der Waals surface area contributed by atoms with Crippen LogP contribution in [0.15, 0.2) is 18.2 Å². The van der Waals surface area contributed by atoms with Gasteiger partial charge in [0.25, 0.3) is 5.91 Å². The summed E-state index contributed by atoms with van der Waals surface area (Å²) in [6.45, 7) is 0. The van der Waals surface area contributed by atoms with Crippen LogP contribution in [0.1, 0.15) is 60.0 Å². The van der Waals surface area contributed by atoms with E-state index < -0.39 is 0 Å². The third-order valence-electron chi connectivity index (χ3n) is 5.67. The van der Waals surface area contributed by atoms with Crippen LogP contribution in [0.4, 0.5) is 0 Å². The Kier molecular flexibility index (Phi) is 3.05. The molecule has 1 N–H and O–H groups in total. The molecule has 1 aromatic rings. The van der Waals surface area contributed by atoms with Gasteiger partial charge < -0.3 is 5.32 Å². The predicted octanol–water partition coefficient (Wildman–Crippen LogP) is 3.48. The Morgan fingerprint density at radius 3 is 2.65 bits per heavy atom. The number of hydrogen-bond acceptors (Lipinski definition) is 1. The fourth-order valence-corrected chi connectivity index (χ4v) is 4.55. The molecule has 0 aliphatic heterocycles. The summed E-state index contributed by atoms with van der Waals surface area (Å²) in [7, 11) is 0. The molecule has 106 valence electrons. The lowest BCUT2D eigenvalue weighted by Crippen LogP contribution is -2.38. The van der Waals surface area contributed by atoms with E-state index in [-0.39, 0.29) is 5.91 Å². The predicted molar refractivity (Wildman–Crippen MR) is 79.8 cm³/mol. The number of fused-ring (bicyclic) bond motifs is 3. The highest BCUT2D eigenvalue weighted by Gasteiger charge is 2.40. The van der Waals surface area contributed by atoms with Crippen molar-refractivity contribution in [3.05, 3.63) is 34.9 Å². The van der Waals surface area contributed by atoms with Crippen LogP contribution in [0, 0.1) is 11.8 Å². The van der Waals surface area contributed by atoms with E-state index >= 15 is 0 Å². The monoisotopic (exact) mass is 269 g/mol. The summed E-state index contributed by atoms with van der Waals surface area (Å²) in [5.41, 5.74) is 3.72. The van der Waals surface area contributed by atoms with Crippen molar-refractivity contribution >= 4 is 5.91 Å². The van der Waals surface area contributed by atoms with Gasteiger partial charge in [-0.15, -0.1) is 0 Å². The van der Waals surface area contributed by atoms with Gasteiger partial charge in [0.05, 0.1) is 0 Å². The van der Waals surface area contributed by atoms with Crippen molar-refractivity contribution in [1.29, 1.82) is 0 Å². The molecule has 3 aliphatic carbocycles. The van der Waals surface area contributed by atoms with Gasteiger partial charge in [0.15, 0.2) is 0 Å². The first-order valence-corrected chi connectivity index (χ1v) is 8.22. The summed E-state index contributed by atoms with van der Waals surface area (Å²) in [6.07, 6.45) is 10.1. The molecule has 1 aromatic carbocycles. The molecule has 2 fully saturated rings. The summed E-state index contributed by atoms with van der Waals surface area (Å²) >= 11 is 0. The highest BCUT2D eigenvalue weighted by Crippen LogP contribution is 2.44. The minimum Gasteiger partial charge on any atom is -0.349 e. The lowest BCUT2D eigenvalue weighted by Gasteiger charge is -2.23. The minimum atomic E-state index is 0.149. The average Bonchev–Trinajstić information content (AvgIpc) is 3.09. The van der Waals surface area contributed by atoms with Crippen molar-refractivity contribution in [2.75, 3.05) is 0 Å². The van der Waals surface area contributed by atoms with Crippen molar-refractivity contribution in [2.45, 2.75) is 57.4 Å². The third-order valence-corrected chi connectivity index (χ3v) is 5.67. The maximum Gasteiger partial charge on any atom is 0.251 e. The largest absolute Gasteiger partial charge is 0.349 e. The van der Waals surface area contributed by atoms with Crippen LogP contribution in [0.25, 0.3) is 0 Å². The van der Waals surface area contributed by atoms with Crippen LogP contribution >= 0.6 is 0 Å². The minimum absolute atomic E-state index is 0.149. The van der Waals surface area contributed by atoms with Crippen molar-refractivity contribution in [1.82, 2.24) is 5.32 Å². The molecule has 0 radical (unpaired) electrons.